The van der Waals surface area contributed by atoms with Crippen molar-refractivity contribution >= 4 is 38.3 Å². The topological polar surface area (TPSA) is 97.8 Å². The lowest BCUT2D eigenvalue weighted by Gasteiger charge is -2.21. The lowest BCUT2D eigenvalue weighted by molar-refractivity contribution is 0.0527. The maximum atomic E-state index is 13.1. The Morgan fingerprint density at radius 3 is 2.41 bits per heavy atom. The van der Waals surface area contributed by atoms with Crippen LogP contribution >= 0.6 is 0 Å². The van der Waals surface area contributed by atoms with Crippen LogP contribution in [0.25, 0.3) is 10.9 Å². The molecule has 34 heavy (non-hydrogen) atoms. The van der Waals surface area contributed by atoms with Crippen LogP contribution < -0.4 is 10.1 Å². The van der Waals surface area contributed by atoms with Gasteiger partial charge in [0, 0.05) is 24.7 Å². The molecule has 0 unspecified atom stereocenters. The normalized spacial score (nSPS) is 11.6. The van der Waals surface area contributed by atoms with Crippen molar-refractivity contribution in [3.05, 3.63) is 53.2 Å². The number of hydrogen-bond acceptors (Lipinski definition) is 7. The summed E-state index contributed by atoms with van der Waals surface area (Å²) in [6.07, 6.45) is 1.48. The molecule has 0 fully saturated rings. The number of anilines is 2. The second-order valence-corrected chi connectivity index (χ2v) is 9.76. The van der Waals surface area contributed by atoms with Crippen molar-refractivity contribution in [3.63, 3.8) is 0 Å². The summed E-state index contributed by atoms with van der Waals surface area (Å²) in [6.45, 7) is 10.2. The van der Waals surface area contributed by atoms with Gasteiger partial charge in [-0.1, -0.05) is 25.5 Å². The first-order valence-electron chi connectivity index (χ1n) is 11.2. The third-order valence-electron chi connectivity index (χ3n) is 5.58. The average Bonchev–Trinajstić information content (AvgIpc) is 2.80. The van der Waals surface area contributed by atoms with Crippen LogP contribution in [0.2, 0.25) is 0 Å². The summed E-state index contributed by atoms with van der Waals surface area (Å²) in [5.74, 6) is -0.0907. The minimum absolute atomic E-state index is 0.128. The van der Waals surface area contributed by atoms with E-state index in [0.29, 0.717) is 30.2 Å². The number of esters is 1. The van der Waals surface area contributed by atoms with E-state index in [4.69, 9.17) is 9.47 Å². The number of sulfonamides is 1. The first-order chi connectivity index (χ1) is 16.2. The highest BCUT2D eigenvalue weighted by molar-refractivity contribution is 7.89. The first kappa shape index (κ1) is 25.5. The molecule has 3 aromatic rings. The number of hydrogen-bond donors (Lipinski definition) is 1. The van der Waals surface area contributed by atoms with Gasteiger partial charge >= 0.3 is 5.97 Å². The molecule has 0 amide bonds. The van der Waals surface area contributed by atoms with Crippen LogP contribution in [0, 0.1) is 13.8 Å². The molecule has 0 radical (unpaired) electrons. The van der Waals surface area contributed by atoms with Gasteiger partial charge in [-0.25, -0.2) is 13.2 Å². The lowest BCUT2D eigenvalue weighted by Crippen LogP contribution is -2.30. The molecule has 9 heteroatoms. The standard InChI is InChI=1S/C25H31N3O5S/c1-7-28(8-2)34(30,31)18-10-11-22(32-6)21(14-18)27-24-19-13-16(4)12-17(5)23(19)26-15-20(24)25(29)33-9-3/h10-15H,7-9H2,1-6H3,(H,26,27). The molecule has 182 valence electrons. The van der Waals surface area contributed by atoms with E-state index in [2.05, 4.69) is 10.3 Å². The van der Waals surface area contributed by atoms with Crippen molar-refractivity contribution in [1.29, 1.82) is 0 Å². The Morgan fingerprint density at radius 2 is 1.79 bits per heavy atom. The lowest BCUT2D eigenvalue weighted by atomic mass is 10.0. The Hall–Kier alpha value is -3.17. The van der Waals surface area contributed by atoms with E-state index in [1.54, 1.807) is 26.8 Å². The molecule has 2 aromatic carbocycles. The van der Waals surface area contributed by atoms with Crippen LogP contribution in [-0.2, 0) is 14.8 Å². The van der Waals surface area contributed by atoms with E-state index in [-0.39, 0.29) is 17.1 Å². The molecular weight excluding hydrogens is 454 g/mol. The molecule has 0 bridgehead atoms. The highest BCUT2D eigenvalue weighted by Gasteiger charge is 2.24. The number of carbonyl (C=O) groups excluding carboxylic acids is 1. The molecule has 0 atom stereocenters. The van der Waals surface area contributed by atoms with Gasteiger partial charge in [0.25, 0.3) is 0 Å². The first-order valence-corrected chi connectivity index (χ1v) is 12.6. The molecule has 1 heterocycles. The number of carbonyl (C=O) groups is 1. The van der Waals surface area contributed by atoms with Gasteiger partial charge in [0.15, 0.2) is 0 Å². The number of ether oxygens (including phenoxy) is 2. The van der Waals surface area contributed by atoms with Crippen molar-refractivity contribution in [2.24, 2.45) is 0 Å². The highest BCUT2D eigenvalue weighted by Crippen LogP contribution is 2.36. The van der Waals surface area contributed by atoms with E-state index in [0.717, 1.165) is 22.0 Å². The largest absolute Gasteiger partial charge is 0.495 e. The summed E-state index contributed by atoms with van der Waals surface area (Å²) in [4.78, 5) is 17.4. The monoisotopic (exact) mass is 485 g/mol. The zero-order valence-electron chi connectivity index (χ0n) is 20.4. The Kier molecular flexibility index (Phi) is 7.78. The molecule has 0 aliphatic rings. The molecule has 1 aromatic heterocycles. The second kappa shape index (κ2) is 10.4. The number of benzene rings is 2. The van der Waals surface area contributed by atoms with Gasteiger partial charge in [-0.3, -0.25) is 4.98 Å². The van der Waals surface area contributed by atoms with Gasteiger partial charge in [-0.15, -0.1) is 0 Å². The molecular formula is C25H31N3O5S. The van der Waals surface area contributed by atoms with E-state index in [1.807, 2.05) is 26.0 Å². The van der Waals surface area contributed by atoms with Crippen LogP contribution in [0.1, 0.15) is 42.3 Å². The predicted molar refractivity (Wildman–Crippen MR) is 134 cm³/mol. The van der Waals surface area contributed by atoms with Gasteiger partial charge in [0.1, 0.15) is 11.3 Å². The number of nitrogens with one attached hydrogen (secondary N) is 1. The third-order valence-corrected chi connectivity index (χ3v) is 7.62. The van der Waals surface area contributed by atoms with Crippen LogP contribution in [-0.4, -0.2) is 50.5 Å². The fourth-order valence-corrected chi connectivity index (χ4v) is 5.44. The van der Waals surface area contributed by atoms with E-state index >= 15 is 0 Å². The smallest absolute Gasteiger partial charge is 0.341 e. The molecule has 0 saturated heterocycles. The molecule has 0 saturated carbocycles. The summed E-state index contributed by atoms with van der Waals surface area (Å²) >= 11 is 0. The van der Waals surface area contributed by atoms with E-state index in [1.165, 1.54) is 29.7 Å². The molecule has 0 aliphatic heterocycles. The van der Waals surface area contributed by atoms with E-state index in [9.17, 15) is 13.2 Å². The van der Waals surface area contributed by atoms with Crippen LogP contribution in [0.3, 0.4) is 0 Å². The van der Waals surface area contributed by atoms with Crippen LogP contribution in [0.15, 0.2) is 41.4 Å². The Labute approximate surface area is 200 Å². The molecule has 3 rings (SSSR count). The Balaban J connectivity index is 2.25. The van der Waals surface area contributed by atoms with Crippen molar-refractivity contribution in [2.45, 2.75) is 39.5 Å². The maximum Gasteiger partial charge on any atom is 0.341 e. The summed E-state index contributed by atoms with van der Waals surface area (Å²) < 4.78 is 38.4. The summed E-state index contributed by atoms with van der Waals surface area (Å²) in [6, 6.07) is 8.59. The van der Waals surface area contributed by atoms with Crippen molar-refractivity contribution < 1.29 is 22.7 Å². The Morgan fingerprint density at radius 1 is 1.09 bits per heavy atom. The summed E-state index contributed by atoms with van der Waals surface area (Å²) in [5, 5.41) is 3.99. The van der Waals surface area contributed by atoms with Gasteiger partial charge in [0.05, 0.1) is 35.5 Å². The number of rotatable bonds is 9. The van der Waals surface area contributed by atoms with Crippen molar-refractivity contribution in [3.8, 4) is 5.75 Å². The summed E-state index contributed by atoms with van der Waals surface area (Å²) in [5.41, 5.74) is 3.82. The average molecular weight is 486 g/mol. The predicted octanol–water partition coefficient (Wildman–Crippen LogP) is 4.81. The molecule has 8 nitrogen and oxygen atoms in total. The number of methoxy groups -OCH3 is 1. The second-order valence-electron chi connectivity index (χ2n) is 7.82. The highest BCUT2D eigenvalue weighted by atomic mass is 32.2. The molecule has 1 N–H and O–H groups in total. The minimum atomic E-state index is -3.70. The summed E-state index contributed by atoms with van der Waals surface area (Å²) in [7, 11) is -2.19. The number of aromatic nitrogens is 1. The van der Waals surface area contributed by atoms with Crippen molar-refractivity contribution in [1.82, 2.24) is 9.29 Å². The number of pyridine rings is 1. The van der Waals surface area contributed by atoms with Crippen LogP contribution in [0.4, 0.5) is 11.4 Å². The molecule has 0 spiro atoms. The fourth-order valence-electron chi connectivity index (χ4n) is 3.95. The Bertz CT molecular complexity index is 1320. The van der Waals surface area contributed by atoms with Gasteiger partial charge in [-0.2, -0.15) is 4.31 Å². The van der Waals surface area contributed by atoms with Gasteiger partial charge < -0.3 is 14.8 Å². The van der Waals surface area contributed by atoms with Crippen LogP contribution in [0.5, 0.6) is 5.75 Å². The SMILES string of the molecule is CCOC(=O)c1cnc2c(C)cc(C)cc2c1Nc1cc(S(=O)(=O)N(CC)CC)ccc1OC. The minimum Gasteiger partial charge on any atom is -0.495 e. The zero-order valence-corrected chi connectivity index (χ0v) is 21.2. The number of fused-ring (bicyclic) bond motifs is 1. The van der Waals surface area contributed by atoms with Gasteiger partial charge in [0.2, 0.25) is 10.0 Å². The quantitative estimate of drug-likeness (QED) is 0.434. The third kappa shape index (κ3) is 4.85. The number of nitrogens with zero attached hydrogens (tertiary/aromatic N) is 2. The van der Waals surface area contributed by atoms with Crippen molar-refractivity contribution in [2.75, 3.05) is 32.1 Å². The zero-order chi connectivity index (χ0) is 25.0. The number of aryl methyl sites for hydroxylation is 2. The maximum absolute atomic E-state index is 13.1. The van der Waals surface area contributed by atoms with E-state index < -0.39 is 16.0 Å². The molecule has 0 aliphatic carbocycles. The van der Waals surface area contributed by atoms with Gasteiger partial charge in [-0.05, 0) is 50.6 Å². The fraction of sp³-hybridized carbons (Fsp3) is 0.360.